The molecule has 2 amide bonds. The van der Waals surface area contributed by atoms with Crippen molar-refractivity contribution in [2.24, 2.45) is 0 Å². The quantitative estimate of drug-likeness (QED) is 0.733. The molecule has 0 fully saturated rings. The number of rotatable bonds is 5. The summed E-state index contributed by atoms with van der Waals surface area (Å²) in [6, 6.07) is 10.5. The fraction of sp³-hybridized carbons (Fsp3) is 0.167. The fourth-order valence-electron chi connectivity index (χ4n) is 2.94. The Morgan fingerprint density at radius 2 is 1.68 bits per heavy atom. The van der Waals surface area contributed by atoms with Crippen molar-refractivity contribution in [1.82, 2.24) is 9.79 Å². The first-order valence-corrected chi connectivity index (χ1v) is 9.73. The van der Waals surface area contributed by atoms with Crippen LogP contribution >= 0.6 is 0 Å². The first-order valence-electron chi connectivity index (χ1n) is 8.24. The lowest BCUT2D eigenvalue weighted by molar-refractivity contribution is -0.166. The maximum Gasteiger partial charge on any atom is 0.347 e. The zero-order valence-corrected chi connectivity index (χ0v) is 15.2. The van der Waals surface area contributed by atoms with E-state index in [4.69, 9.17) is 9.57 Å². The van der Waals surface area contributed by atoms with Crippen molar-refractivity contribution in [3.05, 3.63) is 64.7 Å². The van der Waals surface area contributed by atoms with Crippen LogP contribution in [0.4, 0.5) is 0 Å². The number of hydrogen-bond donors (Lipinski definition) is 1. The molecule has 0 saturated heterocycles. The lowest BCUT2D eigenvalue weighted by atomic mass is 10.1. The zero-order valence-electron chi connectivity index (χ0n) is 14.4. The summed E-state index contributed by atoms with van der Waals surface area (Å²) in [5.74, 6) is -2.66. The number of imide groups is 1. The molecule has 10 heteroatoms. The molecule has 0 radical (unpaired) electrons. The standard InChI is InChI=1S/C18H14N2O7S/c21-16(27-20-17(22)14-3-1-2-4-15(14)18(20)23)8-19-28(24,25)13-6-5-11-9-26-10-12(11)7-13/h1-7,19H,8-10H2. The van der Waals surface area contributed by atoms with Crippen LogP contribution in [0.5, 0.6) is 0 Å². The van der Waals surface area contributed by atoms with E-state index in [2.05, 4.69) is 4.72 Å². The number of fused-ring (bicyclic) bond motifs is 2. The number of benzene rings is 2. The Labute approximate surface area is 159 Å². The number of carbonyl (C=O) groups excluding carboxylic acids is 3. The highest BCUT2D eigenvalue weighted by molar-refractivity contribution is 7.89. The molecule has 0 atom stereocenters. The molecular formula is C18H14N2O7S. The fourth-order valence-corrected chi connectivity index (χ4v) is 3.96. The number of nitrogens with zero attached hydrogens (tertiary/aromatic N) is 1. The average molecular weight is 402 g/mol. The summed E-state index contributed by atoms with van der Waals surface area (Å²) in [4.78, 5) is 41.0. The molecule has 2 aromatic rings. The Morgan fingerprint density at radius 3 is 2.36 bits per heavy atom. The van der Waals surface area contributed by atoms with Gasteiger partial charge in [0.1, 0.15) is 6.54 Å². The van der Waals surface area contributed by atoms with Gasteiger partial charge in [-0.15, -0.1) is 0 Å². The van der Waals surface area contributed by atoms with E-state index in [-0.39, 0.29) is 16.0 Å². The molecular weight excluding hydrogens is 388 g/mol. The third kappa shape index (κ3) is 3.17. The molecule has 0 unspecified atom stereocenters. The van der Waals surface area contributed by atoms with Gasteiger partial charge in [-0.2, -0.15) is 4.72 Å². The minimum Gasteiger partial charge on any atom is -0.372 e. The van der Waals surface area contributed by atoms with Crippen molar-refractivity contribution in [1.29, 1.82) is 0 Å². The first kappa shape index (κ1) is 18.3. The van der Waals surface area contributed by atoms with Gasteiger partial charge in [-0.1, -0.05) is 23.3 Å². The van der Waals surface area contributed by atoms with Gasteiger partial charge in [-0.25, -0.2) is 13.2 Å². The number of carbonyl (C=O) groups is 3. The molecule has 0 saturated carbocycles. The highest BCUT2D eigenvalue weighted by Crippen LogP contribution is 2.24. The van der Waals surface area contributed by atoms with E-state index in [0.717, 1.165) is 11.1 Å². The third-order valence-electron chi connectivity index (χ3n) is 4.36. The van der Waals surface area contributed by atoms with Gasteiger partial charge in [0.2, 0.25) is 10.0 Å². The topological polar surface area (TPSA) is 119 Å². The van der Waals surface area contributed by atoms with Crippen LogP contribution in [0.3, 0.4) is 0 Å². The maximum atomic E-state index is 12.4. The van der Waals surface area contributed by atoms with E-state index in [9.17, 15) is 22.8 Å². The number of amides is 2. The molecule has 0 aromatic heterocycles. The molecule has 2 aromatic carbocycles. The van der Waals surface area contributed by atoms with Gasteiger partial charge in [0.05, 0.1) is 29.2 Å². The highest BCUT2D eigenvalue weighted by Gasteiger charge is 2.38. The van der Waals surface area contributed by atoms with E-state index in [0.29, 0.717) is 18.3 Å². The van der Waals surface area contributed by atoms with Crippen LogP contribution in [0.15, 0.2) is 47.4 Å². The smallest absolute Gasteiger partial charge is 0.347 e. The molecule has 144 valence electrons. The van der Waals surface area contributed by atoms with E-state index in [1.54, 1.807) is 18.2 Å². The molecule has 4 rings (SSSR count). The summed E-state index contributed by atoms with van der Waals surface area (Å²) in [7, 11) is -3.99. The van der Waals surface area contributed by atoms with Crippen LogP contribution < -0.4 is 4.72 Å². The minimum absolute atomic E-state index is 0.0229. The van der Waals surface area contributed by atoms with Crippen molar-refractivity contribution in [2.45, 2.75) is 18.1 Å². The average Bonchev–Trinajstić information content (AvgIpc) is 3.25. The monoisotopic (exact) mass is 402 g/mol. The molecule has 1 N–H and O–H groups in total. The van der Waals surface area contributed by atoms with Gasteiger partial charge in [-0.3, -0.25) is 9.59 Å². The number of hydrogen-bond acceptors (Lipinski definition) is 7. The molecule has 0 spiro atoms. The van der Waals surface area contributed by atoms with Gasteiger partial charge in [0.25, 0.3) is 11.8 Å². The van der Waals surface area contributed by atoms with Crippen LogP contribution in [0.1, 0.15) is 31.8 Å². The van der Waals surface area contributed by atoms with Gasteiger partial charge in [0, 0.05) is 0 Å². The lowest BCUT2D eigenvalue weighted by Gasteiger charge is -2.13. The lowest BCUT2D eigenvalue weighted by Crippen LogP contribution is -2.38. The van der Waals surface area contributed by atoms with Crippen molar-refractivity contribution in [2.75, 3.05) is 6.54 Å². The first-order chi connectivity index (χ1) is 13.4. The number of sulfonamides is 1. The number of hydroxylamine groups is 2. The van der Waals surface area contributed by atoms with Crippen LogP contribution in [0, 0.1) is 0 Å². The summed E-state index contributed by atoms with van der Waals surface area (Å²) in [5.41, 5.74) is 1.89. The Morgan fingerprint density at radius 1 is 1.04 bits per heavy atom. The number of ether oxygens (including phenoxy) is 1. The normalized spacial score (nSPS) is 15.5. The predicted octanol–water partition coefficient (Wildman–Crippen LogP) is 0.749. The van der Waals surface area contributed by atoms with Crippen molar-refractivity contribution in [3.8, 4) is 0 Å². The second kappa shape index (κ2) is 6.82. The van der Waals surface area contributed by atoms with E-state index in [1.165, 1.54) is 24.3 Å². The Kier molecular flexibility index (Phi) is 4.46. The highest BCUT2D eigenvalue weighted by atomic mass is 32.2. The second-order valence-electron chi connectivity index (χ2n) is 6.16. The van der Waals surface area contributed by atoms with Crippen LogP contribution in [-0.2, 0) is 37.6 Å². The molecule has 9 nitrogen and oxygen atoms in total. The number of nitrogens with one attached hydrogen (secondary N) is 1. The molecule has 2 heterocycles. The van der Waals surface area contributed by atoms with Gasteiger partial charge < -0.3 is 9.57 Å². The van der Waals surface area contributed by atoms with E-state index in [1.807, 2.05) is 0 Å². The van der Waals surface area contributed by atoms with Crippen LogP contribution in [-0.4, -0.2) is 37.8 Å². The van der Waals surface area contributed by atoms with Crippen LogP contribution in [0.2, 0.25) is 0 Å². The van der Waals surface area contributed by atoms with Gasteiger partial charge in [0.15, 0.2) is 0 Å². The Bertz CT molecular complexity index is 1080. The van der Waals surface area contributed by atoms with Gasteiger partial charge >= 0.3 is 5.97 Å². The summed E-state index contributed by atoms with van der Waals surface area (Å²) >= 11 is 0. The molecule has 28 heavy (non-hydrogen) atoms. The largest absolute Gasteiger partial charge is 0.372 e. The third-order valence-corrected chi connectivity index (χ3v) is 5.76. The van der Waals surface area contributed by atoms with Gasteiger partial charge in [-0.05, 0) is 35.4 Å². The summed E-state index contributed by atoms with van der Waals surface area (Å²) in [6.07, 6.45) is 0. The second-order valence-corrected chi connectivity index (χ2v) is 7.93. The minimum atomic E-state index is -3.99. The Hall–Kier alpha value is -3.08. The Balaban J connectivity index is 1.41. The van der Waals surface area contributed by atoms with E-state index >= 15 is 0 Å². The van der Waals surface area contributed by atoms with E-state index < -0.39 is 34.4 Å². The molecule has 0 bridgehead atoms. The van der Waals surface area contributed by atoms with Crippen molar-refractivity contribution < 1.29 is 32.4 Å². The zero-order chi connectivity index (χ0) is 19.9. The SMILES string of the molecule is O=C(CNS(=O)(=O)c1ccc2c(c1)COC2)ON1C(=O)c2ccccc2C1=O. The molecule has 2 aliphatic heterocycles. The van der Waals surface area contributed by atoms with Crippen LogP contribution in [0.25, 0.3) is 0 Å². The van der Waals surface area contributed by atoms with Crippen molar-refractivity contribution in [3.63, 3.8) is 0 Å². The molecule has 2 aliphatic rings. The maximum absolute atomic E-state index is 12.4. The predicted molar refractivity (Wildman–Crippen MR) is 93.2 cm³/mol. The molecule has 0 aliphatic carbocycles. The van der Waals surface area contributed by atoms with Crippen molar-refractivity contribution >= 4 is 27.8 Å². The summed E-state index contributed by atoms with van der Waals surface area (Å²) < 4.78 is 32.1. The summed E-state index contributed by atoms with van der Waals surface area (Å²) in [5, 5.41) is 0.327. The summed E-state index contributed by atoms with van der Waals surface area (Å²) in [6.45, 7) is -0.000499.